The molecular formula is C22H19F4N3O. The van der Waals surface area contributed by atoms with Crippen molar-refractivity contribution in [2.24, 2.45) is 0 Å². The molecule has 4 nitrogen and oxygen atoms in total. The summed E-state index contributed by atoms with van der Waals surface area (Å²) < 4.78 is 51.4. The zero-order valence-corrected chi connectivity index (χ0v) is 15.9. The van der Waals surface area contributed by atoms with Gasteiger partial charge < -0.3 is 10.0 Å². The Hall–Kier alpha value is -3.00. The topological polar surface area (TPSA) is 49.2 Å². The molecule has 1 aromatic heterocycles. The summed E-state index contributed by atoms with van der Waals surface area (Å²) in [7, 11) is 0. The maximum absolute atomic E-state index is 13.2. The van der Waals surface area contributed by atoms with E-state index in [1.165, 1.54) is 30.5 Å². The van der Waals surface area contributed by atoms with Gasteiger partial charge in [0.2, 0.25) is 0 Å². The molecule has 0 unspecified atom stereocenters. The molecule has 4 rings (SSSR count). The van der Waals surface area contributed by atoms with Gasteiger partial charge in [-0.1, -0.05) is 24.3 Å². The van der Waals surface area contributed by atoms with Gasteiger partial charge in [0.1, 0.15) is 11.6 Å². The van der Waals surface area contributed by atoms with Crippen LogP contribution in [0.3, 0.4) is 0 Å². The smallest absolute Gasteiger partial charge is 0.385 e. The molecule has 1 aliphatic heterocycles. The number of alkyl halides is 3. The molecule has 1 saturated heterocycles. The number of piperidine rings is 1. The molecule has 0 amide bonds. The first-order chi connectivity index (χ1) is 14.2. The monoisotopic (exact) mass is 417 g/mol. The molecular weight excluding hydrogens is 398 g/mol. The van der Waals surface area contributed by atoms with Crippen LogP contribution in [0.4, 0.5) is 23.4 Å². The molecule has 2 aromatic carbocycles. The Morgan fingerprint density at radius 1 is 0.900 bits per heavy atom. The Bertz CT molecular complexity index is 1010. The summed E-state index contributed by atoms with van der Waals surface area (Å²) in [5, 5.41) is 10.9. The summed E-state index contributed by atoms with van der Waals surface area (Å²) in [5.74, 6) is 0.240. The lowest BCUT2D eigenvalue weighted by Gasteiger charge is -2.39. The predicted molar refractivity (Wildman–Crippen MR) is 104 cm³/mol. The number of nitrogens with zero attached hydrogens (tertiary/aromatic N) is 3. The molecule has 1 aliphatic rings. The van der Waals surface area contributed by atoms with E-state index in [0.717, 1.165) is 12.1 Å². The molecule has 156 valence electrons. The lowest BCUT2D eigenvalue weighted by Crippen LogP contribution is -2.43. The van der Waals surface area contributed by atoms with Gasteiger partial charge in [0.05, 0.1) is 29.3 Å². The summed E-state index contributed by atoms with van der Waals surface area (Å²) in [5.41, 5.74) is -0.0692. The minimum Gasteiger partial charge on any atom is -0.385 e. The van der Waals surface area contributed by atoms with E-state index in [1.54, 1.807) is 18.3 Å². The van der Waals surface area contributed by atoms with Crippen molar-refractivity contribution >= 4 is 5.82 Å². The van der Waals surface area contributed by atoms with Crippen molar-refractivity contribution in [3.8, 4) is 11.3 Å². The van der Waals surface area contributed by atoms with Crippen LogP contribution in [0.15, 0.2) is 60.9 Å². The van der Waals surface area contributed by atoms with E-state index in [-0.39, 0.29) is 5.82 Å². The first-order valence-corrected chi connectivity index (χ1v) is 9.48. The van der Waals surface area contributed by atoms with Crippen molar-refractivity contribution in [2.75, 3.05) is 18.0 Å². The van der Waals surface area contributed by atoms with Crippen LogP contribution in [-0.2, 0) is 11.8 Å². The van der Waals surface area contributed by atoms with Crippen molar-refractivity contribution in [3.63, 3.8) is 0 Å². The Labute approximate surface area is 170 Å². The Kier molecular flexibility index (Phi) is 5.19. The molecule has 0 radical (unpaired) electrons. The second kappa shape index (κ2) is 7.68. The molecule has 0 aliphatic carbocycles. The predicted octanol–water partition coefficient (Wildman–Crippen LogP) is 4.79. The van der Waals surface area contributed by atoms with E-state index < -0.39 is 17.3 Å². The maximum atomic E-state index is 13.2. The van der Waals surface area contributed by atoms with Crippen LogP contribution in [-0.4, -0.2) is 28.2 Å². The fourth-order valence-corrected chi connectivity index (χ4v) is 3.63. The van der Waals surface area contributed by atoms with Crippen molar-refractivity contribution < 1.29 is 22.7 Å². The first-order valence-electron chi connectivity index (χ1n) is 9.48. The number of hydrogen-bond acceptors (Lipinski definition) is 4. The van der Waals surface area contributed by atoms with Crippen molar-refractivity contribution in [1.29, 1.82) is 0 Å². The van der Waals surface area contributed by atoms with Gasteiger partial charge >= 0.3 is 6.18 Å². The van der Waals surface area contributed by atoms with E-state index in [0.29, 0.717) is 48.6 Å². The van der Waals surface area contributed by atoms with Crippen molar-refractivity contribution in [3.05, 3.63) is 77.9 Å². The number of rotatable bonds is 3. The molecule has 0 saturated carbocycles. The van der Waals surface area contributed by atoms with E-state index in [2.05, 4.69) is 9.97 Å². The van der Waals surface area contributed by atoms with Crippen LogP contribution < -0.4 is 4.90 Å². The molecule has 1 N–H and O–H groups in total. The highest BCUT2D eigenvalue weighted by Crippen LogP contribution is 2.35. The number of aliphatic hydroxyl groups is 1. The molecule has 2 heterocycles. The summed E-state index contributed by atoms with van der Waals surface area (Å²) in [6.45, 7) is 1.03. The van der Waals surface area contributed by atoms with E-state index in [9.17, 15) is 22.7 Å². The van der Waals surface area contributed by atoms with Gasteiger partial charge in [-0.25, -0.2) is 9.37 Å². The summed E-state index contributed by atoms with van der Waals surface area (Å²) in [6.07, 6.45) is -0.419. The molecule has 0 spiro atoms. The number of anilines is 1. The van der Waals surface area contributed by atoms with E-state index in [4.69, 9.17) is 0 Å². The zero-order chi connectivity index (χ0) is 21.4. The normalized spacial score (nSPS) is 16.5. The Balaban J connectivity index is 1.49. The fourth-order valence-electron chi connectivity index (χ4n) is 3.63. The van der Waals surface area contributed by atoms with E-state index >= 15 is 0 Å². The third-order valence-electron chi connectivity index (χ3n) is 5.43. The van der Waals surface area contributed by atoms with Crippen LogP contribution in [0.25, 0.3) is 11.3 Å². The zero-order valence-electron chi connectivity index (χ0n) is 15.9. The van der Waals surface area contributed by atoms with Crippen LogP contribution >= 0.6 is 0 Å². The van der Waals surface area contributed by atoms with Crippen LogP contribution in [0.1, 0.15) is 24.0 Å². The van der Waals surface area contributed by atoms with Crippen LogP contribution in [0.2, 0.25) is 0 Å². The van der Waals surface area contributed by atoms with Gasteiger partial charge in [0.25, 0.3) is 0 Å². The number of benzene rings is 2. The molecule has 1 fully saturated rings. The lowest BCUT2D eigenvalue weighted by atomic mass is 9.84. The lowest BCUT2D eigenvalue weighted by molar-refractivity contribution is -0.137. The molecule has 30 heavy (non-hydrogen) atoms. The average molecular weight is 417 g/mol. The highest BCUT2D eigenvalue weighted by atomic mass is 19.4. The summed E-state index contributed by atoms with van der Waals surface area (Å²) in [6, 6.07) is 10.6. The number of aromatic nitrogens is 2. The standard InChI is InChI=1S/C22H19F4N3O/c23-18-7-5-16(6-8-18)21(30)9-11-29(12-10-21)20-14-27-13-19(28-20)15-1-3-17(4-2-15)22(24,25)26/h1-8,13-14,30H,9-12H2. The molecule has 3 aromatic rings. The van der Waals surface area contributed by atoms with Crippen molar-refractivity contribution in [2.45, 2.75) is 24.6 Å². The Morgan fingerprint density at radius 2 is 1.53 bits per heavy atom. The van der Waals surface area contributed by atoms with Gasteiger partial charge in [-0.15, -0.1) is 0 Å². The van der Waals surface area contributed by atoms with Gasteiger partial charge in [-0.2, -0.15) is 13.2 Å². The summed E-state index contributed by atoms with van der Waals surface area (Å²) >= 11 is 0. The molecule has 0 atom stereocenters. The third-order valence-corrected chi connectivity index (χ3v) is 5.43. The minimum absolute atomic E-state index is 0.352. The van der Waals surface area contributed by atoms with Gasteiger partial charge in [0, 0.05) is 18.7 Å². The number of hydrogen-bond donors (Lipinski definition) is 1. The number of halogens is 4. The Morgan fingerprint density at radius 3 is 2.13 bits per heavy atom. The van der Waals surface area contributed by atoms with Gasteiger partial charge in [-0.3, -0.25) is 4.98 Å². The van der Waals surface area contributed by atoms with Gasteiger partial charge in [-0.05, 0) is 42.7 Å². The van der Waals surface area contributed by atoms with Crippen molar-refractivity contribution in [1.82, 2.24) is 9.97 Å². The third kappa shape index (κ3) is 4.14. The fraction of sp³-hybridized carbons (Fsp3) is 0.273. The second-order valence-electron chi connectivity index (χ2n) is 7.36. The molecule has 8 heteroatoms. The van der Waals surface area contributed by atoms with Crippen LogP contribution in [0, 0.1) is 5.82 Å². The first kappa shape index (κ1) is 20.3. The highest BCUT2D eigenvalue weighted by molar-refractivity contribution is 5.60. The van der Waals surface area contributed by atoms with Crippen LogP contribution in [0.5, 0.6) is 0 Å². The quantitative estimate of drug-likeness (QED) is 0.623. The SMILES string of the molecule is OC1(c2ccc(F)cc2)CCN(c2cncc(-c3ccc(C(F)(F)F)cc3)n2)CC1. The van der Waals surface area contributed by atoms with Gasteiger partial charge in [0.15, 0.2) is 0 Å². The summed E-state index contributed by atoms with van der Waals surface area (Å²) in [4.78, 5) is 10.7. The second-order valence-corrected chi connectivity index (χ2v) is 7.36. The maximum Gasteiger partial charge on any atom is 0.416 e. The van der Waals surface area contributed by atoms with E-state index in [1.807, 2.05) is 4.90 Å². The largest absolute Gasteiger partial charge is 0.416 e. The highest BCUT2D eigenvalue weighted by Gasteiger charge is 2.34. The average Bonchev–Trinajstić information content (AvgIpc) is 2.74. The minimum atomic E-state index is -4.39. The molecule has 0 bridgehead atoms.